The highest BCUT2D eigenvalue weighted by atomic mass is 79.9. The van der Waals surface area contributed by atoms with Crippen molar-refractivity contribution in [3.63, 3.8) is 0 Å². The third-order valence-electron chi connectivity index (χ3n) is 2.27. The maximum absolute atomic E-state index is 11.9. The van der Waals surface area contributed by atoms with Gasteiger partial charge in [0.1, 0.15) is 5.75 Å². The Bertz CT molecular complexity index is 650. The number of pyridine rings is 1. The van der Waals surface area contributed by atoms with E-state index in [1.165, 1.54) is 18.5 Å². The molecule has 0 aliphatic rings. The molecule has 0 saturated heterocycles. The smallest absolute Gasteiger partial charge is 0.257 e. The fraction of sp³-hybridized carbons (Fsp3) is 0. The number of carbonyl (C=O) groups is 1. The van der Waals surface area contributed by atoms with Crippen molar-refractivity contribution in [3.05, 3.63) is 50.7 Å². The number of aromatic hydroxyl groups is 1. The van der Waals surface area contributed by atoms with Crippen LogP contribution in [0.5, 0.6) is 5.75 Å². The molecule has 1 aromatic heterocycles. The molecule has 0 atom stereocenters. The normalized spacial score (nSPS) is 10.3. The van der Waals surface area contributed by atoms with Crippen LogP contribution >= 0.6 is 39.1 Å². The highest BCUT2D eigenvalue weighted by Gasteiger charge is 2.13. The third kappa shape index (κ3) is 3.18. The minimum atomic E-state index is -0.441. The molecule has 0 saturated carbocycles. The van der Waals surface area contributed by atoms with Crippen molar-refractivity contribution in [2.75, 3.05) is 5.32 Å². The summed E-state index contributed by atoms with van der Waals surface area (Å²) in [6.07, 6.45) is 2.57. The average molecular weight is 362 g/mol. The number of aromatic nitrogens is 1. The first kappa shape index (κ1) is 14.1. The Morgan fingerprint density at radius 1 is 1.26 bits per heavy atom. The van der Waals surface area contributed by atoms with Gasteiger partial charge in [0.05, 0.1) is 27.5 Å². The molecule has 1 amide bonds. The molecule has 4 nitrogen and oxygen atoms in total. The van der Waals surface area contributed by atoms with Gasteiger partial charge in [0.25, 0.3) is 5.91 Å². The zero-order valence-electron chi connectivity index (χ0n) is 9.32. The van der Waals surface area contributed by atoms with Gasteiger partial charge in [-0.25, -0.2) is 0 Å². The summed E-state index contributed by atoms with van der Waals surface area (Å²) >= 11 is 15.2. The van der Waals surface area contributed by atoms with E-state index in [9.17, 15) is 9.90 Å². The second-order valence-electron chi connectivity index (χ2n) is 3.61. The van der Waals surface area contributed by atoms with E-state index in [-0.39, 0.29) is 16.3 Å². The highest BCUT2D eigenvalue weighted by Crippen LogP contribution is 2.35. The van der Waals surface area contributed by atoms with Crippen LogP contribution in [0.2, 0.25) is 10.0 Å². The second-order valence-corrected chi connectivity index (χ2v) is 5.22. The van der Waals surface area contributed by atoms with Crippen molar-refractivity contribution in [3.8, 4) is 5.75 Å². The molecule has 1 heterocycles. The first-order valence-corrected chi connectivity index (χ1v) is 6.63. The molecule has 19 heavy (non-hydrogen) atoms. The van der Waals surface area contributed by atoms with Gasteiger partial charge in [0.2, 0.25) is 0 Å². The number of rotatable bonds is 2. The summed E-state index contributed by atoms with van der Waals surface area (Å²) in [7, 11) is 0. The number of hydrogen-bond donors (Lipinski definition) is 2. The number of carbonyl (C=O) groups excluding carboxylic acids is 1. The summed E-state index contributed by atoms with van der Waals surface area (Å²) in [6.45, 7) is 0. The quantitative estimate of drug-likeness (QED) is 0.791. The van der Waals surface area contributed by atoms with Gasteiger partial charge < -0.3 is 10.4 Å². The molecule has 0 aliphatic carbocycles. The first-order chi connectivity index (χ1) is 8.99. The lowest BCUT2D eigenvalue weighted by Crippen LogP contribution is -2.12. The van der Waals surface area contributed by atoms with Crippen LogP contribution in [0.4, 0.5) is 5.69 Å². The Morgan fingerprint density at radius 3 is 2.68 bits per heavy atom. The van der Waals surface area contributed by atoms with Crippen LogP contribution in [0.3, 0.4) is 0 Å². The Kier molecular flexibility index (Phi) is 4.29. The number of hydrogen-bond acceptors (Lipinski definition) is 3. The number of anilines is 1. The lowest BCUT2D eigenvalue weighted by Gasteiger charge is -2.09. The maximum Gasteiger partial charge on any atom is 0.257 e. The van der Waals surface area contributed by atoms with Gasteiger partial charge in [-0.05, 0) is 34.1 Å². The van der Waals surface area contributed by atoms with E-state index in [1.807, 2.05) is 0 Å². The topological polar surface area (TPSA) is 62.2 Å². The van der Waals surface area contributed by atoms with E-state index >= 15 is 0 Å². The van der Waals surface area contributed by atoms with Gasteiger partial charge >= 0.3 is 0 Å². The van der Waals surface area contributed by atoms with Gasteiger partial charge in [-0.2, -0.15) is 0 Å². The number of benzene rings is 1. The molecular formula is C12H7BrCl2N2O2. The molecule has 0 unspecified atom stereocenters. The van der Waals surface area contributed by atoms with E-state index < -0.39 is 5.91 Å². The van der Waals surface area contributed by atoms with Gasteiger partial charge in [0, 0.05) is 10.7 Å². The summed E-state index contributed by atoms with van der Waals surface area (Å²) < 4.78 is 0.635. The van der Waals surface area contributed by atoms with E-state index in [2.05, 4.69) is 26.2 Å². The largest absolute Gasteiger partial charge is 0.506 e. The molecule has 2 N–H and O–H groups in total. The number of halogens is 3. The third-order valence-corrected chi connectivity index (χ3v) is 4.04. The van der Waals surface area contributed by atoms with Gasteiger partial charge in [-0.15, -0.1) is 0 Å². The second kappa shape index (κ2) is 5.77. The molecule has 0 fully saturated rings. The van der Waals surface area contributed by atoms with Gasteiger partial charge in [0.15, 0.2) is 0 Å². The Balaban J connectivity index is 2.27. The van der Waals surface area contributed by atoms with Crippen LogP contribution in [0, 0.1) is 0 Å². The SMILES string of the molecule is O=C(Nc1ccc(Br)c(Cl)c1Cl)c1cncc(O)c1. The summed E-state index contributed by atoms with van der Waals surface area (Å²) in [5, 5.41) is 12.4. The Hall–Kier alpha value is -1.30. The maximum atomic E-state index is 11.9. The number of amides is 1. The van der Waals surface area contributed by atoms with Crippen molar-refractivity contribution in [1.82, 2.24) is 4.98 Å². The lowest BCUT2D eigenvalue weighted by atomic mass is 10.2. The van der Waals surface area contributed by atoms with Crippen molar-refractivity contribution < 1.29 is 9.90 Å². The van der Waals surface area contributed by atoms with Crippen LogP contribution in [-0.2, 0) is 0 Å². The molecule has 0 aliphatic heterocycles. The van der Waals surface area contributed by atoms with E-state index in [4.69, 9.17) is 23.2 Å². The standard InChI is InChI=1S/C12H7BrCl2N2O2/c13-8-1-2-9(11(15)10(8)14)17-12(19)6-3-7(18)5-16-4-6/h1-5,18H,(H,17,19). The molecule has 0 bridgehead atoms. The van der Waals surface area contributed by atoms with Crippen molar-refractivity contribution >= 4 is 50.7 Å². The fourth-order valence-electron chi connectivity index (χ4n) is 1.37. The monoisotopic (exact) mass is 360 g/mol. The molecule has 1 aromatic carbocycles. The molecular weight excluding hydrogens is 355 g/mol. The van der Waals surface area contributed by atoms with Gasteiger partial charge in [-0.3, -0.25) is 9.78 Å². The van der Waals surface area contributed by atoms with E-state index in [0.29, 0.717) is 15.2 Å². The minimum absolute atomic E-state index is 0.0902. The summed E-state index contributed by atoms with van der Waals surface area (Å²) in [4.78, 5) is 15.7. The summed E-state index contributed by atoms with van der Waals surface area (Å²) in [5.41, 5.74) is 0.596. The average Bonchev–Trinajstić information content (AvgIpc) is 2.39. The lowest BCUT2D eigenvalue weighted by molar-refractivity contribution is 0.102. The Labute approximate surface area is 127 Å². The zero-order valence-corrected chi connectivity index (χ0v) is 12.4. The van der Waals surface area contributed by atoms with Crippen molar-refractivity contribution in [2.45, 2.75) is 0 Å². The minimum Gasteiger partial charge on any atom is -0.506 e. The zero-order chi connectivity index (χ0) is 14.0. The predicted octanol–water partition coefficient (Wildman–Crippen LogP) is 4.11. The predicted molar refractivity (Wildman–Crippen MR) is 78.0 cm³/mol. The van der Waals surface area contributed by atoms with Crippen LogP contribution < -0.4 is 5.32 Å². The molecule has 2 aromatic rings. The highest BCUT2D eigenvalue weighted by molar-refractivity contribution is 9.10. The van der Waals surface area contributed by atoms with E-state index in [1.54, 1.807) is 12.1 Å². The summed E-state index contributed by atoms with van der Waals surface area (Å²) in [6, 6.07) is 4.59. The van der Waals surface area contributed by atoms with E-state index in [0.717, 1.165) is 0 Å². The van der Waals surface area contributed by atoms with Crippen LogP contribution in [0.1, 0.15) is 10.4 Å². The van der Waals surface area contributed by atoms with Crippen LogP contribution in [0.15, 0.2) is 35.1 Å². The van der Waals surface area contributed by atoms with Crippen LogP contribution in [-0.4, -0.2) is 16.0 Å². The van der Waals surface area contributed by atoms with Crippen LogP contribution in [0.25, 0.3) is 0 Å². The number of nitrogens with zero attached hydrogens (tertiary/aromatic N) is 1. The first-order valence-electron chi connectivity index (χ1n) is 5.08. The molecule has 98 valence electrons. The molecule has 0 radical (unpaired) electrons. The number of nitrogens with one attached hydrogen (secondary N) is 1. The summed E-state index contributed by atoms with van der Waals surface area (Å²) in [5.74, 6) is -0.531. The Morgan fingerprint density at radius 2 is 2.00 bits per heavy atom. The van der Waals surface area contributed by atoms with Crippen molar-refractivity contribution in [1.29, 1.82) is 0 Å². The van der Waals surface area contributed by atoms with Gasteiger partial charge in [-0.1, -0.05) is 23.2 Å². The molecule has 7 heteroatoms. The van der Waals surface area contributed by atoms with Crippen molar-refractivity contribution in [2.24, 2.45) is 0 Å². The molecule has 2 rings (SSSR count). The molecule has 0 spiro atoms. The fourth-order valence-corrected chi connectivity index (χ4v) is 2.19.